The van der Waals surface area contributed by atoms with Crippen molar-refractivity contribution in [3.8, 4) is 0 Å². The molecule has 2 rings (SSSR count). The molecule has 2 aromatic rings. The van der Waals surface area contributed by atoms with Gasteiger partial charge in [-0.3, -0.25) is 4.79 Å². The zero-order chi connectivity index (χ0) is 17.7. The highest BCUT2D eigenvalue weighted by Gasteiger charge is 2.29. The lowest BCUT2D eigenvalue weighted by Crippen LogP contribution is -2.45. The zero-order valence-electron chi connectivity index (χ0n) is 13.8. The van der Waals surface area contributed by atoms with Crippen molar-refractivity contribution in [2.24, 2.45) is 0 Å². The number of carbonyl (C=O) groups is 2. The predicted molar refractivity (Wildman–Crippen MR) is 96.4 cm³/mol. The summed E-state index contributed by atoms with van der Waals surface area (Å²) in [4.78, 5) is 25.4. The maximum Gasteiger partial charge on any atom is 0.349 e. The van der Waals surface area contributed by atoms with E-state index in [0.717, 1.165) is 6.42 Å². The Bertz CT molecular complexity index is 696. The summed E-state index contributed by atoms with van der Waals surface area (Å²) in [5.41, 5.74) is 0.186. The number of amides is 1. The van der Waals surface area contributed by atoms with E-state index in [1.807, 2.05) is 20.8 Å². The SMILES string of the molecule is CCC(C)(C)NC(=O)[C@@H](OC(=O)c1cccs1)c1ccc(Cl)cc1. The summed E-state index contributed by atoms with van der Waals surface area (Å²) < 4.78 is 5.49. The van der Waals surface area contributed by atoms with Gasteiger partial charge in [-0.1, -0.05) is 36.7 Å². The van der Waals surface area contributed by atoms with Gasteiger partial charge in [0.05, 0.1) is 0 Å². The summed E-state index contributed by atoms with van der Waals surface area (Å²) >= 11 is 7.18. The second kappa shape index (κ2) is 7.81. The Morgan fingerprint density at radius 3 is 2.46 bits per heavy atom. The maximum absolute atomic E-state index is 12.7. The maximum atomic E-state index is 12.7. The second-order valence-corrected chi connectivity index (χ2v) is 7.43. The van der Waals surface area contributed by atoms with Crippen molar-refractivity contribution in [3.05, 3.63) is 57.2 Å². The van der Waals surface area contributed by atoms with Gasteiger partial charge in [0.25, 0.3) is 5.91 Å². The molecule has 1 N–H and O–H groups in total. The Kier molecular flexibility index (Phi) is 6.02. The molecule has 1 aromatic heterocycles. The van der Waals surface area contributed by atoms with Gasteiger partial charge in [-0.05, 0) is 43.8 Å². The summed E-state index contributed by atoms with van der Waals surface area (Å²) in [5.74, 6) is -0.872. The van der Waals surface area contributed by atoms with Crippen LogP contribution in [0.3, 0.4) is 0 Å². The molecule has 0 saturated carbocycles. The normalized spacial score (nSPS) is 12.5. The molecule has 0 saturated heterocycles. The molecule has 1 heterocycles. The van der Waals surface area contributed by atoms with Crippen LogP contribution in [0.25, 0.3) is 0 Å². The molecule has 0 bridgehead atoms. The van der Waals surface area contributed by atoms with Gasteiger partial charge >= 0.3 is 5.97 Å². The van der Waals surface area contributed by atoms with Crippen molar-refractivity contribution >= 4 is 34.8 Å². The Morgan fingerprint density at radius 1 is 1.25 bits per heavy atom. The molecule has 0 aliphatic carbocycles. The largest absolute Gasteiger partial charge is 0.443 e. The lowest BCUT2D eigenvalue weighted by atomic mass is 10.0. The monoisotopic (exact) mass is 365 g/mol. The molecule has 6 heteroatoms. The van der Waals surface area contributed by atoms with E-state index >= 15 is 0 Å². The third kappa shape index (κ3) is 4.82. The van der Waals surface area contributed by atoms with Crippen molar-refractivity contribution in [2.45, 2.75) is 38.8 Å². The Morgan fingerprint density at radius 2 is 1.92 bits per heavy atom. The van der Waals surface area contributed by atoms with Crippen molar-refractivity contribution in [1.82, 2.24) is 5.32 Å². The molecule has 128 valence electrons. The average molecular weight is 366 g/mol. The minimum Gasteiger partial charge on any atom is -0.443 e. The van der Waals surface area contributed by atoms with Crippen molar-refractivity contribution < 1.29 is 14.3 Å². The van der Waals surface area contributed by atoms with E-state index in [1.54, 1.807) is 41.8 Å². The summed E-state index contributed by atoms with van der Waals surface area (Å²) in [5, 5.41) is 5.26. The summed E-state index contributed by atoms with van der Waals surface area (Å²) in [6.45, 7) is 5.82. The molecule has 0 aliphatic rings. The van der Waals surface area contributed by atoms with Crippen LogP contribution < -0.4 is 5.32 Å². The molecule has 0 fully saturated rings. The van der Waals surface area contributed by atoms with Crippen LogP contribution in [0.5, 0.6) is 0 Å². The van der Waals surface area contributed by atoms with Crippen molar-refractivity contribution in [3.63, 3.8) is 0 Å². The molecule has 1 aromatic carbocycles. The fourth-order valence-electron chi connectivity index (χ4n) is 1.96. The minimum atomic E-state index is -1.03. The molecule has 0 aliphatic heterocycles. The van der Waals surface area contributed by atoms with Gasteiger partial charge < -0.3 is 10.1 Å². The topological polar surface area (TPSA) is 55.4 Å². The molecule has 24 heavy (non-hydrogen) atoms. The van der Waals surface area contributed by atoms with Gasteiger partial charge in [0, 0.05) is 16.1 Å². The van der Waals surface area contributed by atoms with Crippen LogP contribution in [0.4, 0.5) is 0 Å². The van der Waals surface area contributed by atoms with Gasteiger partial charge in [-0.25, -0.2) is 4.79 Å². The molecule has 0 spiro atoms. The first-order chi connectivity index (χ1) is 11.3. The number of halogens is 1. The molecular formula is C18H20ClNO3S. The van der Waals surface area contributed by atoms with Crippen LogP contribution in [0, 0.1) is 0 Å². The summed E-state index contributed by atoms with van der Waals surface area (Å²) in [6, 6.07) is 10.1. The number of nitrogens with one attached hydrogen (secondary N) is 1. The number of benzene rings is 1. The van der Waals surface area contributed by atoms with E-state index < -0.39 is 17.6 Å². The van der Waals surface area contributed by atoms with Crippen LogP contribution in [0.15, 0.2) is 41.8 Å². The summed E-state index contributed by atoms with van der Waals surface area (Å²) in [7, 11) is 0. The first-order valence-electron chi connectivity index (χ1n) is 7.64. The van der Waals surface area contributed by atoms with Gasteiger partial charge in [0.2, 0.25) is 6.10 Å². The molecule has 0 unspecified atom stereocenters. The standard InChI is InChI=1S/C18H20ClNO3S/c1-4-18(2,3)20-16(21)15(12-7-9-13(19)10-8-12)23-17(22)14-6-5-11-24-14/h5-11,15H,4H2,1-3H3,(H,20,21)/t15-/m0/s1. The van der Waals surface area contributed by atoms with Gasteiger partial charge in [0.1, 0.15) is 4.88 Å². The number of esters is 1. The fourth-order valence-corrected chi connectivity index (χ4v) is 2.69. The van der Waals surface area contributed by atoms with Crippen LogP contribution in [0.1, 0.15) is 48.5 Å². The number of hydrogen-bond donors (Lipinski definition) is 1. The van der Waals surface area contributed by atoms with Crippen molar-refractivity contribution in [1.29, 1.82) is 0 Å². The van der Waals surface area contributed by atoms with Gasteiger partial charge in [-0.2, -0.15) is 0 Å². The van der Waals surface area contributed by atoms with E-state index in [-0.39, 0.29) is 5.91 Å². The highest BCUT2D eigenvalue weighted by Crippen LogP contribution is 2.24. The summed E-state index contributed by atoms with van der Waals surface area (Å²) in [6.07, 6.45) is -0.270. The zero-order valence-corrected chi connectivity index (χ0v) is 15.4. The first kappa shape index (κ1) is 18.5. The fraction of sp³-hybridized carbons (Fsp3) is 0.333. The smallest absolute Gasteiger partial charge is 0.349 e. The van der Waals surface area contributed by atoms with E-state index in [2.05, 4.69) is 5.32 Å². The quantitative estimate of drug-likeness (QED) is 0.761. The number of ether oxygens (including phenoxy) is 1. The molecular weight excluding hydrogens is 346 g/mol. The highest BCUT2D eigenvalue weighted by molar-refractivity contribution is 7.11. The van der Waals surface area contributed by atoms with Crippen LogP contribution in [-0.4, -0.2) is 17.4 Å². The number of thiophene rings is 1. The number of carbonyl (C=O) groups excluding carboxylic acids is 2. The van der Waals surface area contributed by atoms with Crippen LogP contribution in [-0.2, 0) is 9.53 Å². The lowest BCUT2D eigenvalue weighted by Gasteiger charge is -2.27. The van der Waals surface area contributed by atoms with Gasteiger partial charge in [-0.15, -0.1) is 11.3 Å². The van der Waals surface area contributed by atoms with Gasteiger partial charge in [0.15, 0.2) is 0 Å². The average Bonchev–Trinajstić information content (AvgIpc) is 3.07. The number of rotatable bonds is 6. The molecule has 4 nitrogen and oxygen atoms in total. The Hall–Kier alpha value is -1.85. The lowest BCUT2D eigenvalue weighted by molar-refractivity contribution is -0.132. The molecule has 1 amide bonds. The van der Waals surface area contributed by atoms with Crippen LogP contribution >= 0.6 is 22.9 Å². The molecule has 1 atom stereocenters. The second-order valence-electron chi connectivity index (χ2n) is 6.04. The van der Waals surface area contributed by atoms with E-state index in [4.69, 9.17) is 16.3 Å². The molecule has 0 radical (unpaired) electrons. The third-order valence-corrected chi connectivity index (χ3v) is 4.81. The third-order valence-electron chi connectivity index (χ3n) is 3.70. The first-order valence-corrected chi connectivity index (χ1v) is 8.90. The van der Waals surface area contributed by atoms with Crippen LogP contribution in [0.2, 0.25) is 5.02 Å². The van der Waals surface area contributed by atoms with Crippen molar-refractivity contribution in [2.75, 3.05) is 0 Å². The Balaban J connectivity index is 2.25. The number of hydrogen-bond acceptors (Lipinski definition) is 4. The highest BCUT2D eigenvalue weighted by atomic mass is 35.5. The van der Waals surface area contributed by atoms with E-state index in [0.29, 0.717) is 15.5 Å². The minimum absolute atomic E-state index is 0.353. The van der Waals surface area contributed by atoms with E-state index in [1.165, 1.54) is 11.3 Å². The Labute approximate surface area is 150 Å². The van der Waals surface area contributed by atoms with E-state index in [9.17, 15) is 9.59 Å². The predicted octanol–water partition coefficient (Wildman–Crippen LogP) is 4.60.